The number of nitrogens with two attached hydrogens (primary N) is 1. The first-order valence-corrected chi connectivity index (χ1v) is 11.0. The van der Waals surface area contributed by atoms with E-state index >= 15 is 0 Å². The minimum Gasteiger partial charge on any atom is -0.497 e. The fraction of sp³-hybridized carbons (Fsp3) is 0.385. The number of allylic oxidation sites excluding steroid dienone is 5. The van der Waals surface area contributed by atoms with Crippen LogP contribution in [0.4, 0.5) is 5.69 Å². The summed E-state index contributed by atoms with van der Waals surface area (Å²) in [5.41, 5.74) is 13.8. The molecule has 0 radical (unpaired) electrons. The Hall–Kier alpha value is -2.92. The molecule has 3 rings (SSSR count). The van der Waals surface area contributed by atoms with Gasteiger partial charge in [-0.3, -0.25) is 0 Å². The Bertz CT molecular complexity index is 934. The number of hydrogen-bond donors (Lipinski definition) is 3. The highest BCUT2D eigenvalue weighted by Gasteiger charge is 2.25. The highest BCUT2D eigenvalue weighted by Crippen LogP contribution is 2.32. The quantitative estimate of drug-likeness (QED) is 0.661. The maximum absolute atomic E-state index is 6.26. The van der Waals surface area contributed by atoms with E-state index < -0.39 is 0 Å². The van der Waals surface area contributed by atoms with E-state index in [0.717, 1.165) is 66.5 Å². The Balaban J connectivity index is 2.00. The van der Waals surface area contributed by atoms with Crippen LogP contribution in [0.1, 0.15) is 26.7 Å². The average Bonchev–Trinajstić information content (AvgIpc) is 2.93. The molecule has 1 unspecified atom stereocenters. The highest BCUT2D eigenvalue weighted by atomic mass is 16.5. The first-order chi connectivity index (χ1) is 14.9. The third-order valence-corrected chi connectivity index (χ3v) is 5.94. The summed E-state index contributed by atoms with van der Waals surface area (Å²) in [7, 11) is 3.84. The number of benzene rings is 1. The van der Waals surface area contributed by atoms with Crippen molar-refractivity contribution in [1.82, 2.24) is 10.2 Å². The third-order valence-electron chi connectivity index (χ3n) is 5.94. The summed E-state index contributed by atoms with van der Waals surface area (Å²) < 4.78 is 5.41. The molecule has 4 N–H and O–H groups in total. The van der Waals surface area contributed by atoms with Gasteiger partial charge in [0.15, 0.2) is 0 Å². The normalized spacial score (nSPS) is 24.3. The van der Waals surface area contributed by atoms with Crippen molar-refractivity contribution in [2.24, 2.45) is 5.73 Å². The molecular weight excluding hydrogens is 384 g/mol. The maximum atomic E-state index is 6.26. The second-order valence-corrected chi connectivity index (χ2v) is 8.27. The molecule has 0 aliphatic carbocycles. The summed E-state index contributed by atoms with van der Waals surface area (Å²) in [5, 5.41) is 7.26. The van der Waals surface area contributed by atoms with E-state index in [-0.39, 0.29) is 6.04 Å². The molecule has 2 heterocycles. The standard InChI is InChI=1S/C26H36N4O/c1-6-23-24(16-18(2)20-11-14-30(4)15-12-20)25(10-13-28-26(23)19(3)27)29-21-8-7-9-22(17-21)31-5/h6-9,11,16-17,25,28-29H,2,10,12-15,27H2,1,3-5H3/b23-6+,24-16?,26-19-. The molecule has 2 aliphatic rings. The second kappa shape index (κ2) is 10.4. The number of ether oxygens (including phenoxy) is 1. The van der Waals surface area contributed by atoms with Gasteiger partial charge in [-0.1, -0.05) is 24.8 Å². The highest BCUT2D eigenvalue weighted by molar-refractivity contribution is 5.59. The van der Waals surface area contributed by atoms with Crippen LogP contribution in [-0.2, 0) is 0 Å². The maximum Gasteiger partial charge on any atom is 0.120 e. The van der Waals surface area contributed by atoms with Crippen LogP contribution < -0.4 is 21.1 Å². The lowest BCUT2D eigenvalue weighted by atomic mass is 9.90. The molecule has 5 heteroatoms. The van der Waals surface area contributed by atoms with E-state index in [2.05, 4.69) is 60.4 Å². The summed E-state index contributed by atoms with van der Waals surface area (Å²) >= 11 is 0. The average molecular weight is 421 g/mol. The van der Waals surface area contributed by atoms with Crippen LogP contribution in [0.2, 0.25) is 0 Å². The van der Waals surface area contributed by atoms with Gasteiger partial charge in [0.2, 0.25) is 0 Å². The first kappa shape index (κ1) is 22.8. The molecule has 1 saturated heterocycles. The largest absolute Gasteiger partial charge is 0.497 e. The molecule has 0 bridgehead atoms. The monoisotopic (exact) mass is 420 g/mol. The summed E-state index contributed by atoms with van der Waals surface area (Å²) in [6, 6.07) is 8.19. The lowest BCUT2D eigenvalue weighted by molar-refractivity contribution is 0.361. The fourth-order valence-electron chi connectivity index (χ4n) is 4.17. The van der Waals surface area contributed by atoms with Gasteiger partial charge in [-0.05, 0) is 68.7 Å². The van der Waals surface area contributed by atoms with Gasteiger partial charge in [-0.15, -0.1) is 0 Å². The molecule has 31 heavy (non-hydrogen) atoms. The lowest BCUT2D eigenvalue weighted by Gasteiger charge is -2.25. The second-order valence-electron chi connectivity index (χ2n) is 8.27. The molecule has 0 spiro atoms. The van der Waals surface area contributed by atoms with Gasteiger partial charge in [0.25, 0.3) is 0 Å². The van der Waals surface area contributed by atoms with Gasteiger partial charge in [-0.2, -0.15) is 0 Å². The number of methoxy groups -OCH3 is 1. The molecule has 1 fully saturated rings. The number of likely N-dealkylation sites (N-methyl/N-ethyl adjacent to an activating group) is 1. The molecule has 1 aromatic carbocycles. The predicted molar refractivity (Wildman–Crippen MR) is 131 cm³/mol. The molecular formula is C26H36N4O. The predicted octanol–water partition coefficient (Wildman–Crippen LogP) is 4.35. The Labute approximate surface area is 187 Å². The lowest BCUT2D eigenvalue weighted by Crippen LogP contribution is -2.25. The minimum atomic E-state index is 0.117. The molecule has 0 saturated carbocycles. The summed E-state index contributed by atoms with van der Waals surface area (Å²) in [6.45, 7) is 11.3. The fourth-order valence-corrected chi connectivity index (χ4v) is 4.17. The SMILES string of the molecule is C=C(C=C1C(=C\C)/C(=C(\C)N)NCCC1Nc1cccc(OC)c1)C1=CCN(C)CC1. The van der Waals surface area contributed by atoms with Crippen molar-refractivity contribution in [1.29, 1.82) is 0 Å². The van der Waals surface area contributed by atoms with Crippen molar-refractivity contribution in [3.63, 3.8) is 0 Å². The van der Waals surface area contributed by atoms with Crippen molar-refractivity contribution < 1.29 is 4.74 Å². The van der Waals surface area contributed by atoms with Crippen LogP contribution in [0, 0.1) is 0 Å². The van der Waals surface area contributed by atoms with E-state index in [0.29, 0.717) is 0 Å². The number of nitrogens with zero attached hydrogens (tertiary/aromatic N) is 1. The topological polar surface area (TPSA) is 62.6 Å². The zero-order valence-corrected chi connectivity index (χ0v) is 19.3. The molecule has 1 aromatic rings. The van der Waals surface area contributed by atoms with Gasteiger partial charge in [-0.25, -0.2) is 0 Å². The van der Waals surface area contributed by atoms with Gasteiger partial charge < -0.3 is 26.0 Å². The van der Waals surface area contributed by atoms with Gasteiger partial charge in [0.1, 0.15) is 5.75 Å². The van der Waals surface area contributed by atoms with Crippen molar-refractivity contribution in [3.05, 3.63) is 82.8 Å². The van der Waals surface area contributed by atoms with Crippen LogP contribution in [-0.4, -0.2) is 44.7 Å². The van der Waals surface area contributed by atoms with Gasteiger partial charge in [0.05, 0.1) is 18.8 Å². The molecule has 1 atom stereocenters. The van der Waals surface area contributed by atoms with E-state index in [1.54, 1.807) is 7.11 Å². The van der Waals surface area contributed by atoms with Crippen LogP contribution in [0.25, 0.3) is 0 Å². The van der Waals surface area contributed by atoms with Gasteiger partial charge in [0, 0.05) is 42.7 Å². The van der Waals surface area contributed by atoms with Crippen molar-refractivity contribution >= 4 is 5.69 Å². The Morgan fingerprint density at radius 3 is 2.84 bits per heavy atom. The molecule has 166 valence electrons. The zero-order valence-electron chi connectivity index (χ0n) is 19.3. The number of hydrogen-bond acceptors (Lipinski definition) is 5. The Kier molecular flexibility index (Phi) is 7.64. The number of rotatable bonds is 5. The minimum absolute atomic E-state index is 0.117. The van der Waals surface area contributed by atoms with E-state index in [4.69, 9.17) is 10.5 Å². The first-order valence-electron chi connectivity index (χ1n) is 11.0. The van der Waals surface area contributed by atoms with Crippen molar-refractivity contribution in [2.45, 2.75) is 32.7 Å². The Morgan fingerprint density at radius 1 is 1.39 bits per heavy atom. The van der Waals surface area contributed by atoms with E-state index in [1.807, 2.05) is 25.1 Å². The zero-order chi connectivity index (χ0) is 22.4. The third kappa shape index (κ3) is 5.61. The number of anilines is 1. The summed E-state index contributed by atoms with van der Waals surface area (Å²) in [4.78, 5) is 2.32. The van der Waals surface area contributed by atoms with Crippen molar-refractivity contribution in [3.8, 4) is 5.75 Å². The van der Waals surface area contributed by atoms with E-state index in [9.17, 15) is 0 Å². The van der Waals surface area contributed by atoms with Crippen LogP contribution in [0.3, 0.4) is 0 Å². The molecule has 2 aliphatic heterocycles. The number of nitrogens with one attached hydrogen (secondary N) is 2. The summed E-state index contributed by atoms with van der Waals surface area (Å²) in [5.74, 6) is 0.841. The molecule has 0 aromatic heterocycles. The van der Waals surface area contributed by atoms with Gasteiger partial charge >= 0.3 is 0 Å². The summed E-state index contributed by atoms with van der Waals surface area (Å²) in [6.07, 6.45) is 8.64. The Morgan fingerprint density at radius 2 is 2.19 bits per heavy atom. The van der Waals surface area contributed by atoms with Crippen LogP contribution in [0.5, 0.6) is 5.75 Å². The molecule has 5 nitrogen and oxygen atoms in total. The molecule has 0 amide bonds. The van der Waals surface area contributed by atoms with Crippen LogP contribution >= 0.6 is 0 Å². The van der Waals surface area contributed by atoms with E-state index in [1.165, 1.54) is 11.1 Å². The van der Waals surface area contributed by atoms with Crippen LogP contribution in [0.15, 0.2) is 82.8 Å². The smallest absolute Gasteiger partial charge is 0.120 e. The van der Waals surface area contributed by atoms with Crippen molar-refractivity contribution in [2.75, 3.05) is 39.1 Å².